The van der Waals surface area contributed by atoms with Crippen LogP contribution < -0.4 is 15.0 Å². The third-order valence-corrected chi connectivity index (χ3v) is 8.49. The first kappa shape index (κ1) is 29.5. The summed E-state index contributed by atoms with van der Waals surface area (Å²) in [6.07, 6.45) is -3.19. The third-order valence-electron chi connectivity index (χ3n) is 7.07. The Morgan fingerprint density at radius 2 is 1.88 bits per heavy atom. The van der Waals surface area contributed by atoms with Gasteiger partial charge in [0.15, 0.2) is 17.8 Å². The Hall–Kier alpha value is -3.03. The highest BCUT2D eigenvalue weighted by molar-refractivity contribution is 7.22. The normalized spacial score (nSPS) is 23.4. The molecule has 1 fully saturated rings. The summed E-state index contributed by atoms with van der Waals surface area (Å²) < 4.78 is 24.8. The second-order valence-electron chi connectivity index (χ2n) is 9.91. The molecule has 5 rings (SSSR count). The van der Waals surface area contributed by atoms with Crippen LogP contribution in [0.5, 0.6) is 11.5 Å². The van der Waals surface area contributed by atoms with Gasteiger partial charge >= 0.3 is 0 Å². The Bertz CT molecular complexity index is 1560. The summed E-state index contributed by atoms with van der Waals surface area (Å²) in [7, 11) is 1.50. The highest BCUT2D eigenvalue weighted by Gasteiger charge is 2.43. The van der Waals surface area contributed by atoms with E-state index >= 15 is 0 Å². The van der Waals surface area contributed by atoms with E-state index in [0.29, 0.717) is 32.4 Å². The number of benzene rings is 2. The molecule has 2 aromatic heterocycles. The fraction of sp³-hybridized carbons (Fsp3) is 0.379. The number of hydrogen-bond acceptors (Lipinski definition) is 10. The molecule has 0 radical (unpaired) electrons. The summed E-state index contributed by atoms with van der Waals surface area (Å²) in [4.78, 5) is 18.8. The summed E-state index contributed by atoms with van der Waals surface area (Å²) in [5, 5.41) is 30.8. The lowest BCUT2D eigenvalue weighted by atomic mass is 9.91. The Labute approximate surface area is 245 Å². The molecule has 0 bridgehead atoms. The van der Waals surface area contributed by atoms with Crippen molar-refractivity contribution in [3.63, 3.8) is 0 Å². The van der Waals surface area contributed by atoms with Crippen LogP contribution in [0.1, 0.15) is 13.8 Å². The van der Waals surface area contributed by atoms with Gasteiger partial charge in [0.2, 0.25) is 0 Å². The first-order valence-electron chi connectivity index (χ1n) is 13.1. The Balaban J connectivity index is 1.30. The number of ether oxygens (including phenoxy) is 4. The predicted molar refractivity (Wildman–Crippen MR) is 155 cm³/mol. The largest absolute Gasteiger partial charge is 0.493 e. The number of methoxy groups -OCH3 is 1. The van der Waals surface area contributed by atoms with E-state index in [1.165, 1.54) is 29.3 Å². The minimum atomic E-state index is -1.26. The number of fused-ring (bicyclic) bond motifs is 1. The van der Waals surface area contributed by atoms with Crippen LogP contribution in [0, 0.1) is 5.92 Å². The van der Waals surface area contributed by atoms with Gasteiger partial charge in [0.1, 0.15) is 23.7 Å². The number of aromatic nitrogens is 2. The van der Waals surface area contributed by atoms with Gasteiger partial charge in [0, 0.05) is 21.9 Å². The molecule has 1 aliphatic heterocycles. The fourth-order valence-corrected chi connectivity index (χ4v) is 5.82. The lowest BCUT2D eigenvalue weighted by Gasteiger charge is -2.41. The molecule has 10 nitrogen and oxygen atoms in total. The molecule has 1 saturated heterocycles. The first-order chi connectivity index (χ1) is 19.7. The van der Waals surface area contributed by atoms with Crippen molar-refractivity contribution in [2.24, 2.45) is 5.92 Å². The number of nitrogens with zero attached hydrogens (tertiary/aromatic N) is 2. The van der Waals surface area contributed by atoms with Crippen molar-refractivity contribution < 1.29 is 34.3 Å². The fourth-order valence-electron chi connectivity index (χ4n) is 4.64. The number of aliphatic hydroxyl groups is 3. The molecule has 218 valence electrons. The minimum Gasteiger partial charge on any atom is -0.493 e. The average Bonchev–Trinajstić information content (AvgIpc) is 3.42. The van der Waals surface area contributed by atoms with Gasteiger partial charge in [-0.2, -0.15) is 0 Å². The maximum Gasteiger partial charge on any atom is 0.275 e. The number of thiophene rings is 1. The van der Waals surface area contributed by atoms with Gasteiger partial charge < -0.3 is 34.3 Å². The van der Waals surface area contributed by atoms with Crippen LogP contribution in [0.4, 0.5) is 0 Å². The van der Waals surface area contributed by atoms with Crippen molar-refractivity contribution in [1.29, 1.82) is 0 Å². The van der Waals surface area contributed by atoms with Gasteiger partial charge in [-0.1, -0.05) is 30.7 Å². The second kappa shape index (κ2) is 12.5. The van der Waals surface area contributed by atoms with Crippen molar-refractivity contribution in [2.75, 3.05) is 20.3 Å². The molecule has 0 aliphatic carbocycles. The Morgan fingerprint density at radius 3 is 2.59 bits per heavy atom. The molecule has 0 spiro atoms. The molecule has 6 atom stereocenters. The Morgan fingerprint density at radius 1 is 1.12 bits per heavy atom. The molecule has 1 unspecified atom stereocenters. The molecule has 2 aromatic carbocycles. The molecular weight excluding hydrogens is 572 g/mol. The zero-order valence-electron chi connectivity index (χ0n) is 22.6. The second-order valence-corrected chi connectivity index (χ2v) is 11.4. The van der Waals surface area contributed by atoms with E-state index in [9.17, 15) is 20.1 Å². The first-order valence-corrected chi connectivity index (χ1v) is 14.3. The minimum absolute atomic E-state index is 0.0772. The van der Waals surface area contributed by atoms with E-state index in [1.807, 2.05) is 18.2 Å². The van der Waals surface area contributed by atoms with Gasteiger partial charge in [-0.3, -0.25) is 9.36 Å². The van der Waals surface area contributed by atoms with Gasteiger partial charge in [-0.15, -0.1) is 11.3 Å². The Kier molecular flexibility index (Phi) is 8.95. The molecular formula is C29H31ClN2O8S. The van der Waals surface area contributed by atoms with Crippen LogP contribution in [0.25, 0.3) is 26.3 Å². The highest BCUT2D eigenvalue weighted by atomic mass is 35.5. The molecule has 3 N–H and O–H groups in total. The quantitative estimate of drug-likeness (QED) is 0.263. The molecule has 0 amide bonds. The molecule has 3 heterocycles. The van der Waals surface area contributed by atoms with Crippen LogP contribution in [-0.2, 0) is 9.47 Å². The van der Waals surface area contributed by atoms with Crippen molar-refractivity contribution in [3.05, 3.63) is 70.2 Å². The van der Waals surface area contributed by atoms with Crippen molar-refractivity contribution in [1.82, 2.24) is 9.55 Å². The van der Waals surface area contributed by atoms with Crippen LogP contribution in [0.3, 0.4) is 0 Å². The topological polar surface area (TPSA) is 133 Å². The van der Waals surface area contributed by atoms with Crippen LogP contribution >= 0.6 is 22.9 Å². The number of halogens is 1. The summed E-state index contributed by atoms with van der Waals surface area (Å²) in [5.41, 5.74) is 1.91. The summed E-state index contributed by atoms with van der Waals surface area (Å²) in [5.74, 6) is 0.369. The van der Waals surface area contributed by atoms with E-state index in [2.05, 4.69) is 4.98 Å². The zero-order chi connectivity index (χ0) is 29.3. The molecule has 1 aliphatic rings. The average molecular weight is 603 g/mol. The standard InChI is InChI=1S/C29H31ClN2O8S/c1-15(39-29-26(35)25(34)16(2)23(12-33)40-29)13-38-21-9-8-19(10-22(21)37-3)32-14-31-20-11-24(41-27(20)28(32)36)17-4-6-18(30)7-5-17/h4-11,14-16,23,25-26,29,33-35H,12-13H2,1-3H3/t15?,16-,23-,25+,26-,29+/m1/s1. The van der Waals surface area contributed by atoms with Crippen LogP contribution in [0.2, 0.25) is 5.02 Å². The molecule has 41 heavy (non-hydrogen) atoms. The van der Waals surface area contributed by atoms with Gasteiger partial charge in [-0.25, -0.2) is 4.98 Å². The van der Waals surface area contributed by atoms with Gasteiger partial charge in [0.25, 0.3) is 5.56 Å². The van der Waals surface area contributed by atoms with Crippen molar-refractivity contribution in [2.45, 2.75) is 44.6 Å². The van der Waals surface area contributed by atoms with E-state index < -0.39 is 36.6 Å². The molecule has 0 saturated carbocycles. The lowest BCUT2D eigenvalue weighted by molar-refractivity contribution is -0.299. The maximum absolute atomic E-state index is 13.4. The van der Waals surface area contributed by atoms with Crippen LogP contribution in [-0.4, -0.2) is 75.9 Å². The van der Waals surface area contributed by atoms with E-state index in [1.54, 1.807) is 44.2 Å². The number of rotatable bonds is 9. The molecule has 12 heteroatoms. The maximum atomic E-state index is 13.4. The monoisotopic (exact) mass is 602 g/mol. The summed E-state index contributed by atoms with van der Waals surface area (Å²) in [6.45, 7) is 3.19. The van der Waals surface area contributed by atoms with Crippen molar-refractivity contribution >= 4 is 33.2 Å². The van der Waals surface area contributed by atoms with E-state index in [4.69, 9.17) is 30.5 Å². The van der Waals surface area contributed by atoms with Crippen LogP contribution in [0.15, 0.2) is 59.7 Å². The molecule has 4 aromatic rings. The SMILES string of the molecule is COc1cc(-n2cnc3cc(-c4ccc(Cl)cc4)sc3c2=O)ccc1OCC(C)O[C@H]1O[C@H](CO)[C@@H](C)[C@H](O)[C@H]1O. The predicted octanol–water partition coefficient (Wildman–Crippen LogP) is 3.64. The summed E-state index contributed by atoms with van der Waals surface area (Å²) >= 11 is 7.37. The summed E-state index contributed by atoms with van der Waals surface area (Å²) in [6, 6.07) is 14.4. The van der Waals surface area contributed by atoms with Gasteiger partial charge in [0.05, 0.1) is 43.2 Å². The lowest BCUT2D eigenvalue weighted by Crippen LogP contribution is -2.56. The number of aliphatic hydroxyl groups excluding tert-OH is 3. The van der Waals surface area contributed by atoms with Gasteiger partial charge in [-0.05, 0) is 42.8 Å². The van der Waals surface area contributed by atoms with E-state index in [-0.39, 0.29) is 18.8 Å². The highest BCUT2D eigenvalue weighted by Crippen LogP contribution is 2.33. The van der Waals surface area contributed by atoms with Crippen molar-refractivity contribution in [3.8, 4) is 27.6 Å². The number of hydrogen-bond donors (Lipinski definition) is 3. The van der Waals surface area contributed by atoms with E-state index in [0.717, 1.165) is 10.4 Å². The zero-order valence-corrected chi connectivity index (χ0v) is 24.2. The third kappa shape index (κ3) is 6.12. The smallest absolute Gasteiger partial charge is 0.275 e.